The van der Waals surface area contributed by atoms with Crippen molar-refractivity contribution in [2.24, 2.45) is 5.92 Å². The molecule has 5 nitrogen and oxygen atoms in total. The molecule has 0 aliphatic heterocycles. The van der Waals surface area contributed by atoms with E-state index in [4.69, 9.17) is 5.26 Å². The molecule has 0 aromatic carbocycles. The molecule has 0 amide bonds. The summed E-state index contributed by atoms with van der Waals surface area (Å²) in [5.74, 6) is 0.547. The van der Waals surface area contributed by atoms with Gasteiger partial charge >= 0.3 is 0 Å². The van der Waals surface area contributed by atoms with E-state index < -0.39 is 6.10 Å². The van der Waals surface area contributed by atoms with Crippen LogP contribution < -0.4 is 5.32 Å². The molecule has 15 heavy (non-hydrogen) atoms. The number of aliphatic hydroxyl groups excluding tert-OH is 1. The average molecular weight is 206 g/mol. The van der Waals surface area contributed by atoms with Crippen LogP contribution in [0.25, 0.3) is 0 Å². The lowest BCUT2D eigenvalue weighted by atomic mass is 10.1. The highest BCUT2D eigenvalue weighted by Gasteiger charge is 2.09. The van der Waals surface area contributed by atoms with E-state index >= 15 is 0 Å². The van der Waals surface area contributed by atoms with Gasteiger partial charge < -0.3 is 10.4 Å². The maximum absolute atomic E-state index is 9.53. The molecule has 0 fully saturated rings. The van der Waals surface area contributed by atoms with Crippen LogP contribution in [0, 0.1) is 17.2 Å². The Hall–Kier alpha value is -1.67. The molecule has 1 unspecified atom stereocenters. The van der Waals surface area contributed by atoms with Crippen LogP contribution in [0.15, 0.2) is 12.3 Å². The maximum atomic E-state index is 9.53. The molecule has 2 N–H and O–H groups in total. The smallest absolute Gasteiger partial charge is 0.223 e. The van der Waals surface area contributed by atoms with Gasteiger partial charge in [0.15, 0.2) is 0 Å². The van der Waals surface area contributed by atoms with Gasteiger partial charge in [-0.25, -0.2) is 9.97 Å². The van der Waals surface area contributed by atoms with Gasteiger partial charge in [0.2, 0.25) is 5.95 Å². The number of rotatable bonds is 4. The molecular weight excluding hydrogens is 192 g/mol. The fourth-order valence-corrected chi connectivity index (χ4v) is 0.938. The third-order valence-electron chi connectivity index (χ3n) is 2.01. The zero-order chi connectivity index (χ0) is 11.3. The van der Waals surface area contributed by atoms with Crippen LogP contribution in [0.4, 0.5) is 5.95 Å². The van der Waals surface area contributed by atoms with Crippen molar-refractivity contribution in [3.63, 3.8) is 0 Å². The van der Waals surface area contributed by atoms with Crippen LogP contribution in [0.3, 0.4) is 0 Å². The number of anilines is 1. The second-order valence-electron chi connectivity index (χ2n) is 3.57. The molecule has 0 saturated carbocycles. The quantitative estimate of drug-likeness (QED) is 0.760. The van der Waals surface area contributed by atoms with Crippen molar-refractivity contribution < 1.29 is 5.11 Å². The Balaban J connectivity index is 2.55. The fraction of sp³-hybridized carbons (Fsp3) is 0.500. The monoisotopic (exact) mass is 206 g/mol. The molecule has 1 rings (SSSR count). The third-order valence-corrected chi connectivity index (χ3v) is 2.01. The topological polar surface area (TPSA) is 81.8 Å². The zero-order valence-electron chi connectivity index (χ0n) is 8.81. The Morgan fingerprint density at radius 3 is 2.93 bits per heavy atom. The first-order valence-corrected chi connectivity index (χ1v) is 4.78. The molecule has 0 spiro atoms. The predicted molar refractivity (Wildman–Crippen MR) is 56.1 cm³/mol. The lowest BCUT2D eigenvalue weighted by Gasteiger charge is -2.14. The molecule has 0 bridgehead atoms. The highest BCUT2D eigenvalue weighted by molar-refractivity contribution is 5.29. The van der Waals surface area contributed by atoms with E-state index in [1.165, 1.54) is 12.3 Å². The number of aromatic nitrogens is 2. The molecule has 1 heterocycles. The van der Waals surface area contributed by atoms with Crippen LogP contribution in [-0.2, 0) is 0 Å². The highest BCUT2D eigenvalue weighted by Crippen LogP contribution is 2.03. The molecule has 1 aromatic rings. The van der Waals surface area contributed by atoms with Gasteiger partial charge in [-0.3, -0.25) is 0 Å². The van der Waals surface area contributed by atoms with E-state index in [9.17, 15) is 5.11 Å². The minimum atomic E-state index is -0.445. The summed E-state index contributed by atoms with van der Waals surface area (Å²) in [4.78, 5) is 7.86. The van der Waals surface area contributed by atoms with Gasteiger partial charge in [-0.15, -0.1) is 0 Å². The zero-order valence-corrected chi connectivity index (χ0v) is 8.81. The average Bonchev–Trinajstić information content (AvgIpc) is 2.26. The summed E-state index contributed by atoms with van der Waals surface area (Å²) in [6.07, 6.45) is 1.06. The Morgan fingerprint density at radius 1 is 1.60 bits per heavy atom. The molecule has 5 heteroatoms. The van der Waals surface area contributed by atoms with Gasteiger partial charge in [-0.2, -0.15) is 5.26 Å². The van der Waals surface area contributed by atoms with Crippen LogP contribution in [-0.4, -0.2) is 27.7 Å². The van der Waals surface area contributed by atoms with Crippen molar-refractivity contribution in [3.8, 4) is 6.07 Å². The Bertz CT molecular complexity index is 359. The van der Waals surface area contributed by atoms with Crippen molar-refractivity contribution in [1.29, 1.82) is 5.26 Å². The Labute approximate surface area is 88.8 Å². The maximum Gasteiger partial charge on any atom is 0.223 e. The number of hydrogen-bond acceptors (Lipinski definition) is 5. The van der Waals surface area contributed by atoms with Crippen molar-refractivity contribution >= 4 is 5.95 Å². The largest absolute Gasteiger partial charge is 0.391 e. The minimum Gasteiger partial charge on any atom is -0.391 e. The second kappa shape index (κ2) is 5.27. The van der Waals surface area contributed by atoms with Crippen molar-refractivity contribution in [3.05, 3.63) is 18.0 Å². The van der Waals surface area contributed by atoms with Gasteiger partial charge in [0, 0.05) is 12.7 Å². The Morgan fingerprint density at radius 2 is 2.33 bits per heavy atom. The summed E-state index contributed by atoms with van der Waals surface area (Å²) in [6, 6.07) is 3.46. The number of nitriles is 1. The van der Waals surface area contributed by atoms with E-state index in [1.807, 2.05) is 19.9 Å². The van der Waals surface area contributed by atoms with Crippen LogP contribution in [0.5, 0.6) is 0 Å². The molecule has 1 atom stereocenters. The molecule has 0 radical (unpaired) electrons. The second-order valence-corrected chi connectivity index (χ2v) is 3.57. The van der Waals surface area contributed by atoms with Gasteiger partial charge in [0.1, 0.15) is 11.8 Å². The number of aliphatic hydroxyl groups is 1. The summed E-state index contributed by atoms with van der Waals surface area (Å²) >= 11 is 0. The van der Waals surface area contributed by atoms with Crippen molar-refractivity contribution in [1.82, 2.24) is 9.97 Å². The lowest BCUT2D eigenvalue weighted by molar-refractivity contribution is 0.137. The SMILES string of the molecule is CC(C)C(O)CNc1nccc(C#N)n1. The Kier molecular flexibility index (Phi) is 4.01. The van der Waals surface area contributed by atoms with Crippen LogP contribution in [0.1, 0.15) is 19.5 Å². The number of nitrogens with zero attached hydrogens (tertiary/aromatic N) is 3. The normalized spacial score (nSPS) is 12.2. The van der Waals surface area contributed by atoms with Crippen LogP contribution >= 0.6 is 0 Å². The highest BCUT2D eigenvalue weighted by atomic mass is 16.3. The molecule has 0 aliphatic rings. The summed E-state index contributed by atoms with van der Waals surface area (Å²) in [5, 5.41) is 21.0. The summed E-state index contributed by atoms with van der Waals surface area (Å²) in [5.41, 5.74) is 0.312. The van der Waals surface area contributed by atoms with E-state index in [0.717, 1.165) is 0 Å². The van der Waals surface area contributed by atoms with E-state index in [0.29, 0.717) is 18.2 Å². The lowest BCUT2D eigenvalue weighted by Crippen LogP contribution is -2.25. The number of hydrogen-bond donors (Lipinski definition) is 2. The first kappa shape index (κ1) is 11.4. The summed E-state index contributed by atoms with van der Waals surface area (Å²) < 4.78 is 0. The van der Waals surface area contributed by atoms with Crippen LogP contribution in [0.2, 0.25) is 0 Å². The predicted octanol–water partition coefficient (Wildman–Crippen LogP) is 0.777. The molecule has 1 aromatic heterocycles. The third kappa shape index (κ3) is 3.52. The van der Waals surface area contributed by atoms with Gasteiger partial charge in [-0.05, 0) is 12.0 Å². The van der Waals surface area contributed by atoms with E-state index in [-0.39, 0.29) is 5.92 Å². The summed E-state index contributed by atoms with van der Waals surface area (Å²) in [6.45, 7) is 4.24. The molecule has 0 saturated heterocycles. The fourth-order valence-electron chi connectivity index (χ4n) is 0.938. The first-order chi connectivity index (χ1) is 7.13. The molecule has 80 valence electrons. The molecular formula is C10H14N4O. The summed E-state index contributed by atoms with van der Waals surface area (Å²) in [7, 11) is 0. The van der Waals surface area contributed by atoms with Gasteiger partial charge in [0.05, 0.1) is 6.10 Å². The van der Waals surface area contributed by atoms with Crippen molar-refractivity contribution in [2.45, 2.75) is 20.0 Å². The van der Waals surface area contributed by atoms with E-state index in [1.54, 1.807) is 0 Å². The number of nitrogens with one attached hydrogen (secondary N) is 1. The minimum absolute atomic E-state index is 0.177. The van der Waals surface area contributed by atoms with E-state index in [2.05, 4.69) is 15.3 Å². The first-order valence-electron chi connectivity index (χ1n) is 4.78. The van der Waals surface area contributed by atoms with Crippen molar-refractivity contribution in [2.75, 3.05) is 11.9 Å². The standard InChI is InChI=1S/C10H14N4O/c1-7(2)9(15)6-13-10-12-4-3-8(5-11)14-10/h3-4,7,9,15H,6H2,1-2H3,(H,12,13,14). The van der Waals surface area contributed by atoms with Gasteiger partial charge in [-0.1, -0.05) is 13.8 Å². The van der Waals surface area contributed by atoms with Gasteiger partial charge in [0.25, 0.3) is 0 Å². The molecule has 0 aliphatic carbocycles.